The number of Topliss-reactive ketones (excluding diaryl/α,β-unsaturated/α-hetero) is 2. The number of nitrogens with zero attached hydrogens (tertiary/aromatic N) is 1. The highest BCUT2D eigenvalue weighted by Crippen LogP contribution is 2.26. The smallest absolute Gasteiger partial charge is 0.327 e. The fourth-order valence-corrected chi connectivity index (χ4v) is 5.03. The van der Waals surface area contributed by atoms with Crippen LogP contribution in [0.3, 0.4) is 0 Å². The van der Waals surface area contributed by atoms with E-state index in [0.717, 1.165) is 23.6 Å². The van der Waals surface area contributed by atoms with Gasteiger partial charge in [-0.15, -0.1) is 11.8 Å². The number of nitrogens with one attached hydrogen (secondary N) is 2. The number of hydrogen-bond acceptors (Lipinski definition) is 10. The molecule has 0 radical (unpaired) electrons. The second-order valence-corrected chi connectivity index (χ2v) is 10.4. The summed E-state index contributed by atoms with van der Waals surface area (Å²) in [5, 5.41) is 31.0. The van der Waals surface area contributed by atoms with Gasteiger partial charge in [0.25, 0.3) is 0 Å². The zero-order valence-corrected chi connectivity index (χ0v) is 22.9. The van der Waals surface area contributed by atoms with Crippen molar-refractivity contribution in [3.05, 3.63) is 0 Å². The third kappa shape index (κ3) is 11.5. The second kappa shape index (κ2) is 16.3. The molecule has 5 N–H and O–H groups in total. The van der Waals surface area contributed by atoms with Crippen LogP contribution in [-0.2, 0) is 43.2 Å². The fourth-order valence-electron chi connectivity index (χ4n) is 3.85. The summed E-state index contributed by atoms with van der Waals surface area (Å²) >= 11 is 0.792. The number of hydrogen-bond donors (Lipinski definition) is 5. The first kappa shape index (κ1) is 34.2. The molecule has 16 heteroatoms. The standard InChI is InChI=1S/C24H33N3O12S/c1-3-4-14(29)5-6-27-19(31)10-18(23(27)37)40-11-16(24(38)39)26-22(36)13(8-20(32)33)7-17(30)15(9-21(34)35)25-12(2)28/h13,15-16,18H,3-11H2,1-2H3,(H,25,28)(H,26,36)(H,32,33)(H,34,35)(H,38,39)/t13-,15-,16-,18?/m0/s1. The van der Waals surface area contributed by atoms with Gasteiger partial charge in [-0.25, -0.2) is 4.79 Å². The molecule has 15 nitrogen and oxygen atoms in total. The summed E-state index contributed by atoms with van der Waals surface area (Å²) in [6.45, 7) is 2.77. The van der Waals surface area contributed by atoms with Gasteiger partial charge in [0, 0.05) is 44.9 Å². The minimum absolute atomic E-state index is 0.00938. The van der Waals surface area contributed by atoms with Crippen LogP contribution in [0.2, 0.25) is 0 Å². The first-order valence-electron chi connectivity index (χ1n) is 12.4. The van der Waals surface area contributed by atoms with E-state index in [0.29, 0.717) is 12.8 Å². The van der Waals surface area contributed by atoms with Gasteiger partial charge in [-0.3, -0.25) is 43.3 Å². The number of aliphatic carboxylic acids is 3. The number of ketones is 2. The van der Waals surface area contributed by atoms with E-state index in [-0.39, 0.29) is 30.9 Å². The van der Waals surface area contributed by atoms with Crippen LogP contribution in [0.4, 0.5) is 0 Å². The average Bonchev–Trinajstić information content (AvgIpc) is 3.10. The van der Waals surface area contributed by atoms with Crippen molar-refractivity contribution in [2.75, 3.05) is 12.3 Å². The quantitative estimate of drug-likeness (QED) is 0.116. The molecule has 40 heavy (non-hydrogen) atoms. The van der Waals surface area contributed by atoms with E-state index in [1.807, 2.05) is 6.92 Å². The van der Waals surface area contributed by atoms with Crippen molar-refractivity contribution in [3.63, 3.8) is 0 Å². The Labute approximate surface area is 233 Å². The van der Waals surface area contributed by atoms with Crippen molar-refractivity contribution in [2.24, 2.45) is 5.92 Å². The Balaban J connectivity index is 2.88. The van der Waals surface area contributed by atoms with Crippen LogP contribution in [0.5, 0.6) is 0 Å². The Bertz CT molecular complexity index is 1030. The molecular weight excluding hydrogens is 554 g/mol. The normalized spacial score (nSPS) is 17.1. The van der Waals surface area contributed by atoms with Gasteiger partial charge in [0.15, 0.2) is 5.78 Å². The van der Waals surface area contributed by atoms with Crippen LogP contribution >= 0.6 is 11.8 Å². The van der Waals surface area contributed by atoms with E-state index in [2.05, 4.69) is 10.6 Å². The first-order valence-corrected chi connectivity index (χ1v) is 13.4. The van der Waals surface area contributed by atoms with Gasteiger partial charge in [0.1, 0.15) is 11.8 Å². The summed E-state index contributed by atoms with van der Waals surface area (Å²) in [4.78, 5) is 108. The zero-order chi connectivity index (χ0) is 30.6. The van der Waals surface area contributed by atoms with Gasteiger partial charge in [-0.1, -0.05) is 6.92 Å². The van der Waals surface area contributed by atoms with Crippen LogP contribution in [0.1, 0.15) is 58.8 Å². The van der Waals surface area contributed by atoms with Crippen molar-refractivity contribution in [3.8, 4) is 0 Å². The zero-order valence-electron chi connectivity index (χ0n) is 22.0. The van der Waals surface area contributed by atoms with Gasteiger partial charge in [-0.05, 0) is 6.42 Å². The number of carboxylic acids is 3. The van der Waals surface area contributed by atoms with E-state index in [9.17, 15) is 53.4 Å². The number of thioether (sulfide) groups is 1. The minimum Gasteiger partial charge on any atom is -0.481 e. The fraction of sp³-hybridized carbons (Fsp3) is 0.625. The summed E-state index contributed by atoms with van der Waals surface area (Å²) in [5.74, 6) is -10.4. The van der Waals surface area contributed by atoms with Gasteiger partial charge in [-0.2, -0.15) is 0 Å². The highest BCUT2D eigenvalue weighted by Gasteiger charge is 2.40. The van der Waals surface area contributed by atoms with E-state index in [4.69, 9.17) is 5.11 Å². The Morgan fingerprint density at radius 3 is 2.08 bits per heavy atom. The molecule has 0 aromatic carbocycles. The highest BCUT2D eigenvalue weighted by atomic mass is 32.2. The Morgan fingerprint density at radius 1 is 0.925 bits per heavy atom. The van der Waals surface area contributed by atoms with Crippen molar-refractivity contribution >= 4 is 64.9 Å². The lowest BCUT2D eigenvalue weighted by Crippen LogP contribution is -2.48. The maximum absolute atomic E-state index is 12.8. The van der Waals surface area contributed by atoms with Gasteiger partial charge < -0.3 is 26.0 Å². The molecule has 1 aliphatic rings. The van der Waals surface area contributed by atoms with Crippen molar-refractivity contribution in [1.29, 1.82) is 0 Å². The summed E-state index contributed by atoms with van der Waals surface area (Å²) in [5.41, 5.74) is 0. The number of rotatable bonds is 19. The topological polar surface area (TPSA) is 242 Å². The summed E-state index contributed by atoms with van der Waals surface area (Å²) < 4.78 is 0. The number of carbonyl (C=O) groups is 9. The molecule has 0 spiro atoms. The highest BCUT2D eigenvalue weighted by molar-refractivity contribution is 8.00. The van der Waals surface area contributed by atoms with Gasteiger partial charge in [0.2, 0.25) is 23.6 Å². The maximum atomic E-state index is 12.8. The molecule has 1 heterocycles. The van der Waals surface area contributed by atoms with E-state index >= 15 is 0 Å². The van der Waals surface area contributed by atoms with Crippen LogP contribution in [0.25, 0.3) is 0 Å². The number of amides is 4. The summed E-state index contributed by atoms with van der Waals surface area (Å²) in [6, 6.07) is -3.16. The van der Waals surface area contributed by atoms with Gasteiger partial charge in [0.05, 0.1) is 30.1 Å². The molecule has 1 fully saturated rings. The largest absolute Gasteiger partial charge is 0.481 e. The SMILES string of the molecule is CCCC(=O)CCN1C(=O)CC(SC[C@H](NC(=O)[C@H](CC(=O)O)CC(=O)[C@H](CC(=O)O)NC(C)=O)C(=O)O)C1=O. The van der Waals surface area contributed by atoms with Crippen LogP contribution in [0, 0.1) is 5.92 Å². The van der Waals surface area contributed by atoms with Crippen LogP contribution in [-0.4, -0.2) is 103 Å². The Morgan fingerprint density at radius 2 is 1.55 bits per heavy atom. The molecule has 4 amide bonds. The van der Waals surface area contributed by atoms with Crippen molar-refractivity contribution in [1.82, 2.24) is 15.5 Å². The third-order valence-corrected chi connectivity index (χ3v) is 7.11. The molecule has 4 atom stereocenters. The molecule has 1 rings (SSSR count). The Hall–Kier alpha value is -3.82. The first-order chi connectivity index (χ1) is 18.7. The predicted molar refractivity (Wildman–Crippen MR) is 137 cm³/mol. The lowest BCUT2D eigenvalue weighted by atomic mass is 9.93. The molecule has 222 valence electrons. The molecule has 1 aliphatic heterocycles. The summed E-state index contributed by atoms with van der Waals surface area (Å²) in [7, 11) is 0. The molecule has 0 bridgehead atoms. The molecule has 0 aromatic rings. The lowest BCUT2D eigenvalue weighted by molar-refractivity contribution is -0.145. The molecular formula is C24H33N3O12S. The minimum atomic E-state index is -1.63. The molecule has 0 saturated carbocycles. The summed E-state index contributed by atoms with van der Waals surface area (Å²) in [6.07, 6.45) is -1.77. The number of likely N-dealkylation sites (tertiary alicyclic amines) is 1. The third-order valence-electron chi connectivity index (χ3n) is 5.81. The molecule has 1 saturated heterocycles. The van der Waals surface area contributed by atoms with Crippen LogP contribution in [0.15, 0.2) is 0 Å². The van der Waals surface area contributed by atoms with Crippen molar-refractivity contribution in [2.45, 2.75) is 76.1 Å². The maximum Gasteiger partial charge on any atom is 0.327 e. The molecule has 1 unspecified atom stereocenters. The lowest BCUT2D eigenvalue weighted by Gasteiger charge is -2.21. The number of imide groups is 1. The van der Waals surface area contributed by atoms with Crippen molar-refractivity contribution < 1.29 is 58.5 Å². The Kier molecular flexibility index (Phi) is 14.0. The van der Waals surface area contributed by atoms with Gasteiger partial charge >= 0.3 is 17.9 Å². The molecule has 0 aliphatic carbocycles. The predicted octanol–water partition coefficient (Wildman–Crippen LogP) is -0.795. The number of carbonyl (C=O) groups excluding carboxylic acids is 6. The van der Waals surface area contributed by atoms with E-state index < -0.39 is 89.8 Å². The van der Waals surface area contributed by atoms with E-state index in [1.54, 1.807) is 0 Å². The van der Waals surface area contributed by atoms with Crippen LogP contribution < -0.4 is 10.6 Å². The van der Waals surface area contributed by atoms with E-state index in [1.165, 1.54) is 0 Å². The average molecular weight is 588 g/mol. The monoisotopic (exact) mass is 587 g/mol. The number of carboxylic acid groups (broad SMARTS) is 3. The molecule has 0 aromatic heterocycles. The second-order valence-electron chi connectivity index (χ2n) is 9.16.